The lowest BCUT2D eigenvalue weighted by atomic mass is 9.79. The van der Waals surface area contributed by atoms with Gasteiger partial charge in [0.1, 0.15) is 16.8 Å². The molecule has 0 saturated heterocycles. The maximum Gasteiger partial charge on any atom is 0.137 e. The first kappa shape index (κ1) is 15.6. The molecule has 3 nitrogen and oxygen atoms in total. The number of hydrogen-bond donors (Lipinski definition) is 1. The highest BCUT2D eigenvalue weighted by Crippen LogP contribution is 2.32. The van der Waals surface area contributed by atoms with Gasteiger partial charge in [-0.3, -0.25) is 0 Å². The molecule has 1 aliphatic rings. The molecule has 1 N–H and O–H groups in total. The Balaban J connectivity index is 2.12. The zero-order chi connectivity index (χ0) is 14.7. The fourth-order valence-electron chi connectivity index (χ4n) is 2.88. The third-order valence-corrected chi connectivity index (χ3v) is 4.91. The summed E-state index contributed by atoms with van der Waals surface area (Å²) >= 11 is 6.23. The summed E-state index contributed by atoms with van der Waals surface area (Å²) in [4.78, 5) is 9.01. The van der Waals surface area contributed by atoms with E-state index in [0.717, 1.165) is 41.9 Å². The minimum absolute atomic E-state index is 0.514. The van der Waals surface area contributed by atoms with Gasteiger partial charge in [-0.1, -0.05) is 32.4 Å². The number of nitrogens with zero attached hydrogens (tertiary/aromatic N) is 2. The van der Waals surface area contributed by atoms with Gasteiger partial charge >= 0.3 is 0 Å². The Hall–Kier alpha value is -0.830. The summed E-state index contributed by atoms with van der Waals surface area (Å²) in [7, 11) is 0. The summed E-state index contributed by atoms with van der Waals surface area (Å²) in [5, 5.41) is 4.19. The predicted octanol–water partition coefficient (Wildman–Crippen LogP) is 4.63. The number of halogens is 1. The lowest BCUT2D eigenvalue weighted by Crippen LogP contribution is -2.31. The standard InChI is InChI=1S/C16H26ClN3/c1-5-6-14-19-15(17)12(4)16(20-14)18-13-8-7-10(2)11(3)9-13/h10-11,13H,5-9H2,1-4H3,(H,18,19,20). The molecule has 0 aliphatic heterocycles. The van der Waals surface area contributed by atoms with Gasteiger partial charge in [0.05, 0.1) is 0 Å². The average Bonchev–Trinajstić information content (AvgIpc) is 2.40. The molecule has 3 unspecified atom stereocenters. The van der Waals surface area contributed by atoms with E-state index in [1.807, 2.05) is 6.92 Å². The third kappa shape index (κ3) is 3.63. The molecule has 2 rings (SSSR count). The molecule has 0 radical (unpaired) electrons. The summed E-state index contributed by atoms with van der Waals surface area (Å²) in [6, 6.07) is 0.514. The molecule has 112 valence electrons. The summed E-state index contributed by atoms with van der Waals surface area (Å²) in [5.41, 5.74) is 0.970. The molecule has 4 heteroatoms. The van der Waals surface area contributed by atoms with Crippen molar-refractivity contribution in [3.05, 3.63) is 16.5 Å². The van der Waals surface area contributed by atoms with Crippen LogP contribution in [0.4, 0.5) is 5.82 Å². The van der Waals surface area contributed by atoms with E-state index in [9.17, 15) is 0 Å². The predicted molar refractivity (Wildman–Crippen MR) is 85.4 cm³/mol. The Kier molecular flexibility index (Phi) is 5.25. The van der Waals surface area contributed by atoms with Crippen LogP contribution in [0.5, 0.6) is 0 Å². The van der Waals surface area contributed by atoms with Gasteiger partial charge < -0.3 is 5.32 Å². The quantitative estimate of drug-likeness (QED) is 0.823. The smallest absolute Gasteiger partial charge is 0.137 e. The maximum absolute atomic E-state index is 6.23. The van der Waals surface area contributed by atoms with E-state index in [-0.39, 0.29) is 0 Å². The molecule has 0 spiro atoms. The third-order valence-electron chi connectivity index (χ3n) is 4.55. The van der Waals surface area contributed by atoms with Crippen molar-refractivity contribution in [2.45, 2.75) is 65.8 Å². The minimum Gasteiger partial charge on any atom is -0.367 e. The number of anilines is 1. The van der Waals surface area contributed by atoms with Crippen LogP contribution in [0.25, 0.3) is 0 Å². The molecule has 20 heavy (non-hydrogen) atoms. The Bertz CT molecular complexity index is 461. The Labute approximate surface area is 127 Å². The fourth-order valence-corrected chi connectivity index (χ4v) is 3.07. The molecule has 0 bridgehead atoms. The molecule has 1 aliphatic carbocycles. The van der Waals surface area contributed by atoms with E-state index in [1.165, 1.54) is 19.3 Å². The largest absolute Gasteiger partial charge is 0.367 e. The highest BCUT2D eigenvalue weighted by atomic mass is 35.5. The van der Waals surface area contributed by atoms with Crippen LogP contribution in [0.2, 0.25) is 5.15 Å². The average molecular weight is 296 g/mol. The molecule has 1 aromatic rings. The molecule has 1 saturated carbocycles. The molecular formula is C16H26ClN3. The molecule has 1 heterocycles. The molecule has 0 aromatic carbocycles. The normalized spacial score (nSPS) is 26.6. The second-order valence-electron chi connectivity index (χ2n) is 6.26. The van der Waals surface area contributed by atoms with Gasteiger partial charge in [-0.05, 0) is 44.4 Å². The van der Waals surface area contributed by atoms with Gasteiger partial charge in [0.15, 0.2) is 0 Å². The van der Waals surface area contributed by atoms with Crippen molar-refractivity contribution in [2.24, 2.45) is 11.8 Å². The summed E-state index contributed by atoms with van der Waals surface area (Å²) in [5.74, 6) is 3.38. The lowest BCUT2D eigenvalue weighted by Gasteiger charge is -2.33. The van der Waals surface area contributed by atoms with Gasteiger partial charge in [0.25, 0.3) is 0 Å². The van der Waals surface area contributed by atoms with Crippen molar-refractivity contribution in [1.29, 1.82) is 0 Å². The van der Waals surface area contributed by atoms with E-state index in [0.29, 0.717) is 11.2 Å². The van der Waals surface area contributed by atoms with E-state index in [1.54, 1.807) is 0 Å². The highest BCUT2D eigenvalue weighted by molar-refractivity contribution is 6.30. The van der Waals surface area contributed by atoms with Crippen LogP contribution in [0.3, 0.4) is 0 Å². The SMILES string of the molecule is CCCc1nc(Cl)c(C)c(NC2CCC(C)C(C)C2)n1. The van der Waals surface area contributed by atoms with Crippen molar-refractivity contribution in [1.82, 2.24) is 9.97 Å². The van der Waals surface area contributed by atoms with Crippen molar-refractivity contribution in [3.63, 3.8) is 0 Å². The number of hydrogen-bond acceptors (Lipinski definition) is 3. The Morgan fingerprint density at radius 3 is 2.60 bits per heavy atom. The fraction of sp³-hybridized carbons (Fsp3) is 0.750. The van der Waals surface area contributed by atoms with Crippen LogP contribution >= 0.6 is 11.6 Å². The van der Waals surface area contributed by atoms with Gasteiger partial charge in [-0.25, -0.2) is 9.97 Å². The lowest BCUT2D eigenvalue weighted by molar-refractivity contribution is 0.260. The zero-order valence-corrected chi connectivity index (χ0v) is 13.8. The summed E-state index contributed by atoms with van der Waals surface area (Å²) in [6.07, 6.45) is 5.64. The number of aryl methyl sites for hydroxylation is 1. The van der Waals surface area contributed by atoms with Crippen LogP contribution in [-0.2, 0) is 6.42 Å². The van der Waals surface area contributed by atoms with E-state index in [2.05, 4.69) is 36.1 Å². The van der Waals surface area contributed by atoms with Crippen molar-refractivity contribution < 1.29 is 0 Å². The molecule has 0 amide bonds. The topological polar surface area (TPSA) is 37.8 Å². The van der Waals surface area contributed by atoms with Gasteiger partial charge in [0.2, 0.25) is 0 Å². The van der Waals surface area contributed by atoms with E-state index < -0.39 is 0 Å². The molecule has 1 fully saturated rings. The van der Waals surface area contributed by atoms with Gasteiger partial charge in [-0.15, -0.1) is 0 Å². The highest BCUT2D eigenvalue weighted by Gasteiger charge is 2.25. The first-order valence-electron chi connectivity index (χ1n) is 7.80. The van der Waals surface area contributed by atoms with Crippen LogP contribution < -0.4 is 5.32 Å². The summed E-state index contributed by atoms with van der Waals surface area (Å²) in [6.45, 7) is 8.83. The Morgan fingerprint density at radius 2 is 1.95 bits per heavy atom. The van der Waals surface area contributed by atoms with Crippen molar-refractivity contribution in [3.8, 4) is 0 Å². The zero-order valence-electron chi connectivity index (χ0n) is 13.0. The van der Waals surface area contributed by atoms with Crippen molar-refractivity contribution >= 4 is 17.4 Å². The number of nitrogens with one attached hydrogen (secondary N) is 1. The molecule has 1 aromatic heterocycles. The van der Waals surface area contributed by atoms with Crippen LogP contribution in [-0.4, -0.2) is 16.0 Å². The van der Waals surface area contributed by atoms with Gasteiger partial charge in [0, 0.05) is 18.0 Å². The minimum atomic E-state index is 0.514. The van der Waals surface area contributed by atoms with E-state index >= 15 is 0 Å². The van der Waals surface area contributed by atoms with Crippen LogP contribution in [0, 0.1) is 18.8 Å². The number of aromatic nitrogens is 2. The van der Waals surface area contributed by atoms with E-state index in [4.69, 9.17) is 11.6 Å². The van der Waals surface area contributed by atoms with Crippen LogP contribution in [0.15, 0.2) is 0 Å². The maximum atomic E-state index is 6.23. The molecular weight excluding hydrogens is 270 g/mol. The second-order valence-corrected chi connectivity index (χ2v) is 6.62. The van der Waals surface area contributed by atoms with Crippen LogP contribution in [0.1, 0.15) is 57.8 Å². The first-order chi connectivity index (χ1) is 9.51. The van der Waals surface area contributed by atoms with Gasteiger partial charge in [-0.2, -0.15) is 0 Å². The first-order valence-corrected chi connectivity index (χ1v) is 8.18. The Morgan fingerprint density at radius 1 is 1.20 bits per heavy atom. The van der Waals surface area contributed by atoms with Crippen molar-refractivity contribution in [2.75, 3.05) is 5.32 Å². The number of rotatable bonds is 4. The second kappa shape index (κ2) is 6.75. The molecule has 3 atom stereocenters. The summed E-state index contributed by atoms with van der Waals surface area (Å²) < 4.78 is 0. The monoisotopic (exact) mass is 295 g/mol.